The summed E-state index contributed by atoms with van der Waals surface area (Å²) in [6.07, 6.45) is 1.29. The van der Waals surface area contributed by atoms with E-state index in [2.05, 4.69) is 10.3 Å². The van der Waals surface area contributed by atoms with Crippen LogP contribution >= 0.6 is 11.6 Å². The highest BCUT2D eigenvalue weighted by molar-refractivity contribution is 6.34. The predicted molar refractivity (Wildman–Crippen MR) is 74.6 cm³/mol. The number of carbonyl (C=O) groups excluding carboxylic acids is 1. The van der Waals surface area contributed by atoms with E-state index in [1.165, 1.54) is 31.5 Å². The topological polar surface area (TPSA) is 77.2 Å². The minimum Gasteiger partial charge on any atom is -0.494 e. The van der Waals surface area contributed by atoms with Gasteiger partial charge >= 0.3 is 0 Å². The Balaban J connectivity index is 2.30. The minimum atomic E-state index is -0.492. The van der Waals surface area contributed by atoms with Crippen LogP contribution in [0.3, 0.4) is 0 Å². The molecule has 0 aliphatic rings. The number of ether oxygens (including phenoxy) is 1. The van der Waals surface area contributed by atoms with Gasteiger partial charge in [-0.1, -0.05) is 11.6 Å². The highest BCUT2D eigenvalue weighted by Crippen LogP contribution is 2.26. The number of pyridine rings is 1. The number of nitrogen functional groups attached to an aromatic ring is 1. The average molecular weight is 296 g/mol. The third-order valence-electron chi connectivity index (χ3n) is 2.53. The quantitative estimate of drug-likeness (QED) is 0.912. The molecular formula is C13H11ClFN3O2. The number of hydrogen-bond acceptors (Lipinski definition) is 4. The number of methoxy groups -OCH3 is 1. The Hall–Kier alpha value is -2.34. The van der Waals surface area contributed by atoms with Gasteiger partial charge in [0.05, 0.1) is 23.4 Å². The molecule has 7 heteroatoms. The molecule has 1 aromatic carbocycles. The molecule has 0 aliphatic heterocycles. The highest BCUT2D eigenvalue weighted by Gasteiger charge is 2.14. The van der Waals surface area contributed by atoms with Crippen molar-refractivity contribution < 1.29 is 13.9 Å². The maximum atomic E-state index is 13.1. The van der Waals surface area contributed by atoms with Crippen molar-refractivity contribution in [3.63, 3.8) is 0 Å². The molecule has 1 heterocycles. The molecule has 0 atom stereocenters. The van der Waals surface area contributed by atoms with E-state index in [0.717, 1.165) is 6.07 Å². The molecule has 0 radical (unpaired) electrons. The summed E-state index contributed by atoms with van der Waals surface area (Å²) in [5, 5.41) is 2.74. The van der Waals surface area contributed by atoms with Gasteiger partial charge in [-0.2, -0.15) is 0 Å². The van der Waals surface area contributed by atoms with E-state index in [1.807, 2.05) is 0 Å². The number of nitrogens with zero attached hydrogens (tertiary/aromatic N) is 1. The molecule has 1 amide bonds. The number of halogens is 2. The van der Waals surface area contributed by atoms with Crippen molar-refractivity contribution in [2.75, 3.05) is 18.2 Å². The van der Waals surface area contributed by atoms with Gasteiger partial charge in [0.1, 0.15) is 17.4 Å². The first-order valence-corrected chi connectivity index (χ1v) is 5.95. The Morgan fingerprint density at radius 2 is 2.20 bits per heavy atom. The van der Waals surface area contributed by atoms with Crippen molar-refractivity contribution in [2.24, 2.45) is 0 Å². The average Bonchev–Trinajstić information content (AvgIpc) is 2.43. The summed E-state index contributed by atoms with van der Waals surface area (Å²) in [5.74, 6) is -0.581. The molecule has 0 saturated heterocycles. The lowest BCUT2D eigenvalue weighted by Gasteiger charge is -2.11. The molecule has 2 aromatic rings. The van der Waals surface area contributed by atoms with Crippen molar-refractivity contribution in [3.8, 4) is 5.75 Å². The zero-order chi connectivity index (χ0) is 14.7. The predicted octanol–water partition coefficient (Wildman–Crippen LogP) is 2.72. The maximum Gasteiger partial charge on any atom is 0.257 e. The number of amides is 1. The number of nitrogens with two attached hydrogens (primary N) is 1. The molecular weight excluding hydrogens is 285 g/mol. The van der Waals surface area contributed by atoms with Crippen molar-refractivity contribution in [2.45, 2.75) is 0 Å². The standard InChI is InChI=1S/C13H11ClFN3O2/c1-20-11-4-7(15)2-3-10(11)18-13(19)8-5-12(16)17-6-9(8)14/h2-6H,1H3,(H2,16,17)(H,18,19). The number of carbonyl (C=O) groups is 1. The second-order valence-electron chi connectivity index (χ2n) is 3.89. The molecule has 0 fully saturated rings. The Labute approximate surface area is 119 Å². The fourth-order valence-corrected chi connectivity index (χ4v) is 1.78. The molecule has 0 bridgehead atoms. The number of hydrogen-bond donors (Lipinski definition) is 2. The summed E-state index contributed by atoms with van der Waals surface area (Å²) >= 11 is 5.89. The molecule has 3 N–H and O–H groups in total. The minimum absolute atomic E-state index is 0.165. The fourth-order valence-electron chi connectivity index (χ4n) is 1.59. The summed E-state index contributed by atoms with van der Waals surface area (Å²) in [6, 6.07) is 5.12. The van der Waals surface area contributed by atoms with Gasteiger partial charge in [0.15, 0.2) is 0 Å². The molecule has 104 valence electrons. The van der Waals surface area contributed by atoms with Crippen molar-refractivity contribution in [1.82, 2.24) is 4.98 Å². The van der Waals surface area contributed by atoms with Gasteiger partial charge < -0.3 is 15.8 Å². The van der Waals surface area contributed by atoms with Crippen LogP contribution in [0.2, 0.25) is 5.02 Å². The molecule has 1 aromatic heterocycles. The summed E-state index contributed by atoms with van der Waals surface area (Å²) in [6.45, 7) is 0. The van der Waals surface area contributed by atoms with Crippen LogP contribution in [0.5, 0.6) is 5.75 Å². The third-order valence-corrected chi connectivity index (χ3v) is 2.83. The van der Waals surface area contributed by atoms with Crippen molar-refractivity contribution in [3.05, 3.63) is 46.9 Å². The molecule has 0 unspecified atom stereocenters. The smallest absolute Gasteiger partial charge is 0.257 e. The summed E-state index contributed by atoms with van der Waals surface area (Å²) in [5.41, 5.74) is 6.01. The lowest BCUT2D eigenvalue weighted by molar-refractivity contribution is 0.102. The van der Waals surface area contributed by atoms with Gasteiger partial charge in [-0.25, -0.2) is 9.37 Å². The summed E-state index contributed by atoms with van der Waals surface area (Å²) < 4.78 is 18.1. The van der Waals surface area contributed by atoms with Gasteiger partial charge in [0.2, 0.25) is 0 Å². The van der Waals surface area contributed by atoms with Crippen LogP contribution in [0.15, 0.2) is 30.5 Å². The zero-order valence-corrected chi connectivity index (χ0v) is 11.2. The Morgan fingerprint density at radius 1 is 1.45 bits per heavy atom. The Morgan fingerprint density at radius 3 is 2.90 bits per heavy atom. The lowest BCUT2D eigenvalue weighted by Crippen LogP contribution is -2.14. The fraction of sp³-hybridized carbons (Fsp3) is 0.0769. The normalized spacial score (nSPS) is 10.2. The molecule has 2 rings (SSSR count). The van der Waals surface area contributed by atoms with E-state index >= 15 is 0 Å². The highest BCUT2D eigenvalue weighted by atomic mass is 35.5. The van der Waals surface area contributed by atoms with Crippen LogP contribution in [-0.4, -0.2) is 18.0 Å². The van der Waals surface area contributed by atoms with E-state index in [4.69, 9.17) is 22.1 Å². The molecule has 5 nitrogen and oxygen atoms in total. The molecule has 0 saturated carbocycles. The molecule has 0 spiro atoms. The number of aromatic nitrogens is 1. The Bertz CT molecular complexity index is 664. The van der Waals surface area contributed by atoms with E-state index in [0.29, 0.717) is 5.69 Å². The number of benzene rings is 1. The van der Waals surface area contributed by atoms with Crippen LogP contribution in [0.1, 0.15) is 10.4 Å². The third kappa shape index (κ3) is 2.97. The maximum absolute atomic E-state index is 13.1. The van der Waals surface area contributed by atoms with Crippen LogP contribution in [0, 0.1) is 5.82 Å². The zero-order valence-electron chi connectivity index (χ0n) is 10.5. The largest absolute Gasteiger partial charge is 0.494 e. The van der Waals surface area contributed by atoms with Gasteiger partial charge in [-0.05, 0) is 18.2 Å². The van der Waals surface area contributed by atoms with Crippen LogP contribution in [0.25, 0.3) is 0 Å². The number of nitrogens with one attached hydrogen (secondary N) is 1. The first-order chi connectivity index (χ1) is 9.51. The molecule has 0 aliphatic carbocycles. The Kier molecular flexibility index (Phi) is 4.05. The second-order valence-corrected chi connectivity index (χ2v) is 4.29. The van der Waals surface area contributed by atoms with Gasteiger partial charge in [-0.3, -0.25) is 4.79 Å². The van der Waals surface area contributed by atoms with Crippen LogP contribution < -0.4 is 15.8 Å². The van der Waals surface area contributed by atoms with E-state index < -0.39 is 11.7 Å². The van der Waals surface area contributed by atoms with Crippen molar-refractivity contribution >= 4 is 29.0 Å². The summed E-state index contributed by atoms with van der Waals surface area (Å²) in [7, 11) is 1.38. The van der Waals surface area contributed by atoms with E-state index in [9.17, 15) is 9.18 Å². The van der Waals surface area contributed by atoms with Crippen LogP contribution in [-0.2, 0) is 0 Å². The van der Waals surface area contributed by atoms with Crippen LogP contribution in [0.4, 0.5) is 15.9 Å². The SMILES string of the molecule is COc1cc(F)ccc1NC(=O)c1cc(N)ncc1Cl. The van der Waals surface area contributed by atoms with Gasteiger partial charge in [0, 0.05) is 12.3 Å². The monoisotopic (exact) mass is 295 g/mol. The first kappa shape index (κ1) is 14.1. The number of anilines is 2. The first-order valence-electron chi connectivity index (χ1n) is 5.57. The van der Waals surface area contributed by atoms with E-state index in [1.54, 1.807) is 0 Å². The van der Waals surface area contributed by atoms with Gasteiger partial charge in [-0.15, -0.1) is 0 Å². The second kappa shape index (κ2) is 5.75. The van der Waals surface area contributed by atoms with Gasteiger partial charge in [0.25, 0.3) is 5.91 Å². The van der Waals surface area contributed by atoms with E-state index in [-0.39, 0.29) is 22.2 Å². The summed E-state index contributed by atoms with van der Waals surface area (Å²) in [4.78, 5) is 15.9. The lowest BCUT2D eigenvalue weighted by atomic mass is 10.2. The van der Waals surface area contributed by atoms with Crippen molar-refractivity contribution in [1.29, 1.82) is 0 Å². The molecule has 20 heavy (non-hydrogen) atoms. The number of rotatable bonds is 3.